The van der Waals surface area contributed by atoms with Gasteiger partial charge in [0.25, 0.3) is 0 Å². The molecule has 2 nitrogen and oxygen atoms in total. The molecule has 0 aliphatic heterocycles. The van der Waals surface area contributed by atoms with E-state index in [0.717, 1.165) is 24.8 Å². The Labute approximate surface area is 167 Å². The van der Waals surface area contributed by atoms with E-state index in [4.69, 9.17) is 4.74 Å². The number of unbranched alkanes of at least 4 members (excludes halogenated alkanes) is 2. The van der Waals surface area contributed by atoms with Crippen LogP contribution in [0.15, 0.2) is 58.7 Å². The maximum absolute atomic E-state index is 9.87. The van der Waals surface area contributed by atoms with Crippen molar-refractivity contribution in [3.8, 4) is 0 Å². The fraction of sp³-hybridized carbons (Fsp3) is 0.600. The van der Waals surface area contributed by atoms with Gasteiger partial charge >= 0.3 is 0 Å². The molecule has 0 heterocycles. The molecule has 0 fully saturated rings. The predicted molar refractivity (Wildman–Crippen MR) is 118 cm³/mol. The highest BCUT2D eigenvalue weighted by molar-refractivity contribution is 5.37. The Hall–Kier alpha value is -1.38. The van der Waals surface area contributed by atoms with Crippen LogP contribution in [0.3, 0.4) is 0 Å². The Morgan fingerprint density at radius 3 is 2.59 bits per heavy atom. The summed E-state index contributed by atoms with van der Waals surface area (Å²) in [5.41, 5.74) is 5.51. The molecule has 1 aliphatic rings. The van der Waals surface area contributed by atoms with Crippen LogP contribution in [0.2, 0.25) is 0 Å². The number of allylic oxidation sites excluding steroid dienone is 9. The molecule has 0 saturated heterocycles. The second kappa shape index (κ2) is 12.2. The van der Waals surface area contributed by atoms with Gasteiger partial charge < -0.3 is 9.84 Å². The summed E-state index contributed by atoms with van der Waals surface area (Å²) in [7, 11) is 0. The van der Waals surface area contributed by atoms with Crippen LogP contribution < -0.4 is 0 Å². The summed E-state index contributed by atoms with van der Waals surface area (Å²) in [6, 6.07) is 0. The molecule has 1 atom stereocenters. The molecule has 152 valence electrons. The fourth-order valence-corrected chi connectivity index (χ4v) is 3.52. The molecule has 27 heavy (non-hydrogen) atoms. The first-order chi connectivity index (χ1) is 12.8. The molecule has 0 bridgehead atoms. The Balaban J connectivity index is 2.58. The lowest BCUT2D eigenvalue weighted by molar-refractivity contribution is -0.0653. The van der Waals surface area contributed by atoms with Crippen molar-refractivity contribution in [1.82, 2.24) is 0 Å². The van der Waals surface area contributed by atoms with Gasteiger partial charge in [0.15, 0.2) is 6.29 Å². The van der Waals surface area contributed by atoms with Crippen molar-refractivity contribution in [3.63, 3.8) is 0 Å². The molecular weight excluding hydrogens is 332 g/mol. The van der Waals surface area contributed by atoms with Crippen LogP contribution in [-0.4, -0.2) is 18.0 Å². The average Bonchev–Trinajstić information content (AvgIpc) is 2.57. The number of aliphatic hydroxyl groups is 1. The topological polar surface area (TPSA) is 29.5 Å². The third kappa shape index (κ3) is 9.39. The maximum Gasteiger partial charge on any atom is 0.174 e. The Kier molecular flexibility index (Phi) is 10.6. The third-order valence-corrected chi connectivity index (χ3v) is 5.22. The number of hydrogen-bond donors (Lipinski definition) is 1. The summed E-state index contributed by atoms with van der Waals surface area (Å²) in [5, 5.41) is 9.87. The minimum Gasteiger partial charge on any atom is -0.365 e. The van der Waals surface area contributed by atoms with E-state index in [0.29, 0.717) is 6.61 Å². The lowest BCUT2D eigenvalue weighted by atomic mass is 9.72. The van der Waals surface area contributed by atoms with Gasteiger partial charge in [0.05, 0.1) is 6.61 Å². The number of aliphatic hydroxyl groups excluding tert-OH is 1. The molecule has 0 radical (unpaired) electrons. The van der Waals surface area contributed by atoms with Crippen molar-refractivity contribution in [2.24, 2.45) is 5.41 Å². The molecule has 0 aromatic rings. The van der Waals surface area contributed by atoms with E-state index in [1.165, 1.54) is 36.0 Å². The monoisotopic (exact) mass is 372 g/mol. The molecule has 0 saturated carbocycles. The van der Waals surface area contributed by atoms with Crippen molar-refractivity contribution in [2.45, 2.75) is 86.4 Å². The van der Waals surface area contributed by atoms with Crippen LogP contribution >= 0.6 is 0 Å². The van der Waals surface area contributed by atoms with E-state index in [9.17, 15) is 5.11 Å². The van der Waals surface area contributed by atoms with Gasteiger partial charge in [0.2, 0.25) is 0 Å². The first-order valence-corrected chi connectivity index (χ1v) is 10.5. The Morgan fingerprint density at radius 1 is 1.19 bits per heavy atom. The minimum absolute atomic E-state index is 0.279. The normalized spacial score (nSPS) is 20.1. The SMILES string of the molecule is CCCCCOC(O)\C=C(C)/C=C/C=C(C)\C=C\C1=C(C)CCCC1(C)C. The highest BCUT2D eigenvalue weighted by Gasteiger charge is 2.26. The molecular formula is C25H40O2. The zero-order valence-electron chi connectivity index (χ0n) is 18.3. The Morgan fingerprint density at radius 2 is 1.93 bits per heavy atom. The summed E-state index contributed by atoms with van der Waals surface area (Å²) < 4.78 is 5.39. The van der Waals surface area contributed by atoms with Gasteiger partial charge in [-0.1, -0.05) is 80.7 Å². The average molecular weight is 373 g/mol. The van der Waals surface area contributed by atoms with Crippen LogP contribution in [-0.2, 0) is 4.74 Å². The zero-order valence-corrected chi connectivity index (χ0v) is 18.3. The standard InChI is InChI=1S/C25H40O2/c1-7-8-9-18-27-24(26)19-21(3)13-10-12-20(2)15-16-23-22(4)14-11-17-25(23,5)6/h10,12-13,15-16,19,24,26H,7-9,11,14,17-18H2,1-6H3/b13-10+,16-15+,20-12-,21-19-. The predicted octanol–water partition coefficient (Wildman–Crippen LogP) is 7.04. The van der Waals surface area contributed by atoms with E-state index >= 15 is 0 Å². The summed E-state index contributed by atoms with van der Waals surface area (Å²) in [5.74, 6) is 0. The third-order valence-electron chi connectivity index (χ3n) is 5.22. The van der Waals surface area contributed by atoms with Gasteiger partial charge in [-0.05, 0) is 63.5 Å². The summed E-state index contributed by atoms with van der Waals surface area (Å²) in [4.78, 5) is 0. The largest absolute Gasteiger partial charge is 0.365 e. The van der Waals surface area contributed by atoms with Crippen LogP contribution in [0.4, 0.5) is 0 Å². The lowest BCUT2D eigenvalue weighted by Gasteiger charge is -2.32. The quantitative estimate of drug-likeness (QED) is 0.253. The minimum atomic E-state index is -0.820. The summed E-state index contributed by atoms with van der Waals surface area (Å²) in [6.45, 7) is 13.8. The van der Waals surface area contributed by atoms with E-state index in [-0.39, 0.29) is 5.41 Å². The fourth-order valence-electron chi connectivity index (χ4n) is 3.52. The Bertz CT molecular complexity index is 600. The lowest BCUT2D eigenvalue weighted by Crippen LogP contribution is -2.19. The van der Waals surface area contributed by atoms with E-state index in [1.54, 1.807) is 6.08 Å². The second-order valence-electron chi connectivity index (χ2n) is 8.41. The molecule has 1 aliphatic carbocycles. The van der Waals surface area contributed by atoms with E-state index < -0.39 is 6.29 Å². The number of rotatable bonds is 10. The highest BCUT2D eigenvalue weighted by atomic mass is 16.6. The first kappa shape index (κ1) is 23.7. The van der Waals surface area contributed by atoms with Gasteiger partial charge in [-0.3, -0.25) is 0 Å². The van der Waals surface area contributed by atoms with Gasteiger partial charge in [-0.15, -0.1) is 0 Å². The molecule has 0 spiro atoms. The van der Waals surface area contributed by atoms with E-state index in [2.05, 4.69) is 52.8 Å². The number of hydrogen-bond acceptors (Lipinski definition) is 2. The highest BCUT2D eigenvalue weighted by Crippen LogP contribution is 2.40. The van der Waals surface area contributed by atoms with Gasteiger partial charge in [0.1, 0.15) is 0 Å². The second-order valence-corrected chi connectivity index (χ2v) is 8.41. The first-order valence-electron chi connectivity index (χ1n) is 10.5. The molecule has 1 unspecified atom stereocenters. The molecule has 0 aromatic carbocycles. The smallest absolute Gasteiger partial charge is 0.174 e. The van der Waals surface area contributed by atoms with Crippen LogP contribution in [0.5, 0.6) is 0 Å². The van der Waals surface area contributed by atoms with Crippen molar-refractivity contribution in [2.75, 3.05) is 6.61 Å². The maximum atomic E-state index is 9.87. The zero-order chi connectivity index (χ0) is 20.3. The molecule has 2 heteroatoms. The summed E-state index contributed by atoms with van der Waals surface area (Å²) in [6.07, 6.45) is 18.7. The van der Waals surface area contributed by atoms with Crippen LogP contribution in [0, 0.1) is 5.41 Å². The van der Waals surface area contributed by atoms with E-state index in [1.807, 2.05) is 19.1 Å². The van der Waals surface area contributed by atoms with Crippen molar-refractivity contribution in [3.05, 3.63) is 58.7 Å². The van der Waals surface area contributed by atoms with Crippen molar-refractivity contribution >= 4 is 0 Å². The van der Waals surface area contributed by atoms with Crippen molar-refractivity contribution < 1.29 is 9.84 Å². The van der Waals surface area contributed by atoms with Gasteiger partial charge in [-0.25, -0.2) is 0 Å². The molecule has 1 N–H and O–H groups in total. The molecule has 0 aromatic heterocycles. The van der Waals surface area contributed by atoms with Gasteiger partial charge in [-0.2, -0.15) is 0 Å². The molecule has 1 rings (SSSR count). The van der Waals surface area contributed by atoms with Crippen molar-refractivity contribution in [1.29, 1.82) is 0 Å². The van der Waals surface area contributed by atoms with Gasteiger partial charge in [0, 0.05) is 0 Å². The summed E-state index contributed by atoms with van der Waals surface area (Å²) >= 11 is 0. The number of ether oxygens (including phenoxy) is 1. The molecule has 0 amide bonds. The van der Waals surface area contributed by atoms with Crippen LogP contribution in [0.1, 0.15) is 80.1 Å². The van der Waals surface area contributed by atoms with Crippen LogP contribution in [0.25, 0.3) is 0 Å².